The van der Waals surface area contributed by atoms with Crippen LogP contribution in [0.4, 0.5) is 10.2 Å². The molecule has 0 radical (unpaired) electrons. The van der Waals surface area contributed by atoms with Crippen molar-refractivity contribution in [2.45, 2.75) is 38.9 Å². The van der Waals surface area contributed by atoms with Crippen LogP contribution < -0.4 is 4.90 Å². The highest BCUT2D eigenvalue weighted by Crippen LogP contribution is 2.37. The number of carboxylic acid groups (broad SMARTS) is 1. The lowest BCUT2D eigenvalue weighted by Gasteiger charge is -2.43. The minimum Gasteiger partial charge on any atom is -0.478 e. The van der Waals surface area contributed by atoms with E-state index in [4.69, 9.17) is 16.0 Å². The Morgan fingerprint density at radius 2 is 1.97 bits per heavy atom. The summed E-state index contributed by atoms with van der Waals surface area (Å²) in [4.78, 5) is 13.7. The van der Waals surface area contributed by atoms with Gasteiger partial charge in [-0.2, -0.15) is 0 Å². The van der Waals surface area contributed by atoms with Crippen LogP contribution in [0.2, 0.25) is 23.2 Å². The predicted molar refractivity (Wildman–Crippen MR) is 118 cm³/mol. The first-order valence-electron chi connectivity index (χ1n) is 9.84. The molecule has 1 aliphatic rings. The Morgan fingerprint density at radius 3 is 2.57 bits per heavy atom. The summed E-state index contributed by atoms with van der Waals surface area (Å²) in [6.45, 7) is 13.0. The second kappa shape index (κ2) is 8.24. The largest absolute Gasteiger partial charge is 0.478 e. The topological polar surface area (TPSA) is 75.5 Å². The molecule has 1 fully saturated rings. The fraction of sp³-hybridized carbons (Fsp3) is 0.476. The molecule has 1 N–H and O–H groups in total. The van der Waals surface area contributed by atoms with Crippen molar-refractivity contribution in [3.63, 3.8) is 0 Å². The van der Waals surface area contributed by atoms with Crippen LogP contribution in [0.15, 0.2) is 24.3 Å². The van der Waals surface area contributed by atoms with Gasteiger partial charge < -0.3 is 14.4 Å². The number of benzene rings is 1. The molecule has 2 aromatic rings. The van der Waals surface area contributed by atoms with Crippen molar-refractivity contribution in [3.8, 4) is 11.3 Å². The van der Waals surface area contributed by atoms with Crippen LogP contribution in [0, 0.1) is 11.7 Å². The SMILES string of the molecule is CC(C)(C)[Si](C)(C)OCC1CN(c2nnc(-c3cc(Cl)ccc3F)cc2C(=O)O)C1. The van der Waals surface area contributed by atoms with Crippen molar-refractivity contribution in [1.29, 1.82) is 0 Å². The molecule has 0 bridgehead atoms. The third-order valence-corrected chi connectivity index (χ3v) is 10.7. The van der Waals surface area contributed by atoms with Gasteiger partial charge in [0.05, 0.1) is 5.69 Å². The van der Waals surface area contributed by atoms with Crippen molar-refractivity contribution in [2.24, 2.45) is 5.92 Å². The van der Waals surface area contributed by atoms with E-state index in [0.29, 0.717) is 30.6 Å². The van der Waals surface area contributed by atoms with Gasteiger partial charge >= 0.3 is 5.97 Å². The Bertz CT molecular complexity index is 959. The number of rotatable bonds is 6. The van der Waals surface area contributed by atoms with Gasteiger partial charge in [0.15, 0.2) is 14.1 Å². The zero-order valence-corrected chi connectivity index (χ0v) is 19.6. The Labute approximate surface area is 182 Å². The van der Waals surface area contributed by atoms with E-state index in [1.165, 1.54) is 24.3 Å². The Morgan fingerprint density at radius 1 is 1.30 bits per heavy atom. The zero-order valence-electron chi connectivity index (χ0n) is 17.9. The van der Waals surface area contributed by atoms with Gasteiger partial charge in [0.25, 0.3) is 0 Å². The van der Waals surface area contributed by atoms with Crippen molar-refractivity contribution in [2.75, 3.05) is 24.6 Å². The number of hydrogen-bond donors (Lipinski definition) is 1. The first-order valence-corrected chi connectivity index (χ1v) is 13.1. The normalized spacial score (nSPS) is 15.2. The average Bonchev–Trinajstić information content (AvgIpc) is 2.61. The molecule has 0 spiro atoms. The van der Waals surface area contributed by atoms with Crippen molar-refractivity contribution in [1.82, 2.24) is 10.2 Å². The van der Waals surface area contributed by atoms with E-state index in [9.17, 15) is 14.3 Å². The lowest BCUT2D eigenvalue weighted by Crippen LogP contribution is -2.52. The van der Waals surface area contributed by atoms with E-state index in [1.807, 2.05) is 4.90 Å². The minimum absolute atomic E-state index is 0.0110. The average molecular weight is 452 g/mol. The molecule has 0 amide bonds. The Hall–Kier alpha value is -2.03. The lowest BCUT2D eigenvalue weighted by molar-refractivity contribution is 0.0696. The summed E-state index contributed by atoms with van der Waals surface area (Å²) in [5.41, 5.74) is 0.242. The van der Waals surface area contributed by atoms with Crippen molar-refractivity contribution in [3.05, 3.63) is 40.7 Å². The molecule has 1 aromatic heterocycles. The molecule has 1 saturated heterocycles. The molecule has 1 aliphatic heterocycles. The minimum atomic E-state index is -1.82. The van der Waals surface area contributed by atoms with E-state index < -0.39 is 20.1 Å². The van der Waals surface area contributed by atoms with Gasteiger partial charge in [-0.1, -0.05) is 32.4 Å². The molecule has 6 nitrogen and oxygen atoms in total. The quantitative estimate of drug-likeness (QED) is 0.616. The lowest BCUT2D eigenvalue weighted by atomic mass is 10.0. The number of anilines is 1. The maximum Gasteiger partial charge on any atom is 0.339 e. The first kappa shape index (κ1) is 22.6. The maximum atomic E-state index is 14.1. The highest BCUT2D eigenvalue weighted by molar-refractivity contribution is 6.74. The van der Waals surface area contributed by atoms with Crippen molar-refractivity contribution < 1.29 is 18.7 Å². The molecular formula is C21H27ClFN3O3Si. The fourth-order valence-electron chi connectivity index (χ4n) is 2.99. The van der Waals surface area contributed by atoms with E-state index >= 15 is 0 Å². The smallest absolute Gasteiger partial charge is 0.339 e. The van der Waals surface area contributed by atoms with Crippen LogP contribution in [0.5, 0.6) is 0 Å². The first-order chi connectivity index (χ1) is 13.9. The molecule has 9 heteroatoms. The van der Waals surface area contributed by atoms with Gasteiger partial charge in [-0.25, -0.2) is 9.18 Å². The summed E-state index contributed by atoms with van der Waals surface area (Å²) in [5.74, 6) is -1.07. The summed E-state index contributed by atoms with van der Waals surface area (Å²) in [6.07, 6.45) is 0. The third-order valence-electron chi connectivity index (χ3n) is 5.95. The molecule has 0 saturated carbocycles. The monoisotopic (exact) mass is 451 g/mol. The zero-order chi connectivity index (χ0) is 22.3. The summed E-state index contributed by atoms with van der Waals surface area (Å²) in [6, 6.07) is 5.39. The van der Waals surface area contributed by atoms with Gasteiger partial charge in [0.1, 0.15) is 11.4 Å². The van der Waals surface area contributed by atoms with E-state index in [0.717, 1.165) is 0 Å². The number of halogens is 2. The summed E-state index contributed by atoms with van der Waals surface area (Å²) < 4.78 is 20.4. The number of nitrogens with zero attached hydrogens (tertiary/aromatic N) is 3. The van der Waals surface area contributed by atoms with Crippen LogP contribution in [0.3, 0.4) is 0 Å². The highest BCUT2D eigenvalue weighted by Gasteiger charge is 2.39. The van der Waals surface area contributed by atoms with E-state index in [-0.39, 0.29) is 27.7 Å². The molecule has 162 valence electrons. The number of carboxylic acids is 1. The third kappa shape index (κ3) is 4.66. The van der Waals surface area contributed by atoms with Gasteiger partial charge in [-0.3, -0.25) is 0 Å². The van der Waals surface area contributed by atoms with E-state index in [1.54, 1.807) is 0 Å². The second-order valence-electron chi connectivity index (χ2n) is 9.24. The number of aromatic carboxylic acids is 1. The van der Waals surface area contributed by atoms with Crippen LogP contribution in [0.25, 0.3) is 11.3 Å². The molecule has 0 aliphatic carbocycles. The molecule has 3 rings (SSSR count). The molecule has 2 heterocycles. The Balaban J connectivity index is 1.74. The standard InChI is InChI=1S/C21H27ClFN3O3Si/c1-21(2,3)30(4,5)29-12-13-10-26(11-13)19-16(20(27)28)9-18(24-25-19)15-8-14(22)6-7-17(15)23/h6-9,13H,10-12H2,1-5H3,(H,27,28). The van der Waals surface area contributed by atoms with Gasteiger partial charge in [-0.05, 0) is 42.4 Å². The van der Waals surface area contributed by atoms with Gasteiger partial charge in [0.2, 0.25) is 0 Å². The molecular weight excluding hydrogens is 425 g/mol. The summed E-state index contributed by atoms with van der Waals surface area (Å²) in [7, 11) is -1.82. The van der Waals surface area contributed by atoms with Crippen LogP contribution in [0.1, 0.15) is 31.1 Å². The Kier molecular flexibility index (Phi) is 6.22. The predicted octanol–water partition coefficient (Wildman–Crippen LogP) is 5.09. The second-order valence-corrected chi connectivity index (χ2v) is 14.5. The van der Waals surface area contributed by atoms with Crippen LogP contribution in [-0.2, 0) is 4.43 Å². The fourth-order valence-corrected chi connectivity index (χ4v) is 4.25. The van der Waals surface area contributed by atoms with Crippen LogP contribution >= 0.6 is 11.6 Å². The molecule has 30 heavy (non-hydrogen) atoms. The molecule has 0 unspecified atom stereocenters. The van der Waals surface area contributed by atoms with E-state index in [2.05, 4.69) is 44.1 Å². The van der Waals surface area contributed by atoms with Crippen LogP contribution in [-0.4, -0.2) is 49.3 Å². The van der Waals surface area contributed by atoms with Crippen molar-refractivity contribution >= 4 is 31.7 Å². The maximum absolute atomic E-state index is 14.1. The highest BCUT2D eigenvalue weighted by atomic mass is 35.5. The molecule has 1 aromatic carbocycles. The molecule has 0 atom stereocenters. The number of aromatic nitrogens is 2. The number of carbonyl (C=O) groups is 1. The summed E-state index contributed by atoms with van der Waals surface area (Å²) >= 11 is 5.94. The number of hydrogen-bond acceptors (Lipinski definition) is 5. The summed E-state index contributed by atoms with van der Waals surface area (Å²) in [5, 5.41) is 18.3. The van der Waals surface area contributed by atoms with Gasteiger partial charge in [0, 0.05) is 36.2 Å². The van der Waals surface area contributed by atoms with Gasteiger partial charge in [-0.15, -0.1) is 10.2 Å².